The molecule has 0 aliphatic rings. The molecule has 0 heterocycles. The first kappa shape index (κ1) is 45.9. The van der Waals surface area contributed by atoms with Crippen LogP contribution in [0.1, 0.15) is 202 Å². The van der Waals surface area contributed by atoms with Gasteiger partial charge in [-0.15, -0.1) is 0 Å². The fourth-order valence-corrected chi connectivity index (χ4v) is 6.61. The predicted molar refractivity (Wildman–Crippen MR) is 200 cm³/mol. The van der Waals surface area contributed by atoms with Crippen LogP contribution in [-0.2, 0) is 19.1 Å². The minimum absolute atomic E-state index is 0.0288. The quantitative estimate of drug-likeness (QED) is 0.0529. The normalized spacial score (nSPS) is 11.9. The summed E-state index contributed by atoms with van der Waals surface area (Å²) in [6.45, 7) is 15.0. The maximum Gasteiger partial charge on any atom is 0.311 e. The number of hydrogen-bond acceptors (Lipinski definition) is 6. The van der Waals surface area contributed by atoms with E-state index in [4.69, 9.17) is 9.47 Å². The van der Waals surface area contributed by atoms with Crippen molar-refractivity contribution in [2.75, 3.05) is 39.5 Å². The fraction of sp³-hybridized carbons (Fsp3) is 0.951. The zero-order chi connectivity index (χ0) is 34.9. The summed E-state index contributed by atoms with van der Waals surface area (Å²) in [7, 11) is 0. The molecule has 0 aliphatic carbocycles. The van der Waals surface area contributed by atoms with Crippen molar-refractivity contribution in [2.24, 2.45) is 11.3 Å². The predicted octanol–water partition coefficient (Wildman–Crippen LogP) is 11.2. The standard InChI is InChI=1S/C41H81NO5/c1-6-9-10-11-12-14-21-30-39(44)46-36-25-18-13-16-23-32-42(34-35-43)33-24-17-15-22-31-41(4,5)40(45)47-37-26-19-20-29-38(27-7-2)28-8-3/h38,43H,6-37H2,1-5H3. The first-order valence-corrected chi connectivity index (χ1v) is 20.5. The third-order valence-corrected chi connectivity index (χ3v) is 9.74. The van der Waals surface area contributed by atoms with Gasteiger partial charge >= 0.3 is 11.9 Å². The molecule has 0 saturated carbocycles. The molecule has 280 valence electrons. The lowest BCUT2D eigenvalue weighted by atomic mass is 9.87. The van der Waals surface area contributed by atoms with Gasteiger partial charge in [-0.1, -0.05) is 143 Å². The van der Waals surface area contributed by atoms with Gasteiger partial charge in [0.25, 0.3) is 0 Å². The molecule has 0 aliphatic heterocycles. The summed E-state index contributed by atoms with van der Waals surface area (Å²) in [6.07, 6.45) is 30.0. The van der Waals surface area contributed by atoms with Crippen LogP contribution in [0.25, 0.3) is 0 Å². The van der Waals surface area contributed by atoms with Crippen LogP contribution < -0.4 is 0 Å². The monoisotopic (exact) mass is 668 g/mol. The summed E-state index contributed by atoms with van der Waals surface area (Å²) in [5, 5.41) is 9.51. The summed E-state index contributed by atoms with van der Waals surface area (Å²) >= 11 is 0. The van der Waals surface area contributed by atoms with Crippen LogP contribution in [0.5, 0.6) is 0 Å². The highest BCUT2D eigenvalue weighted by Gasteiger charge is 2.28. The van der Waals surface area contributed by atoms with E-state index in [1.54, 1.807) is 0 Å². The molecule has 0 amide bonds. The van der Waals surface area contributed by atoms with Crippen molar-refractivity contribution >= 4 is 11.9 Å². The van der Waals surface area contributed by atoms with Gasteiger partial charge in [0.2, 0.25) is 0 Å². The third-order valence-electron chi connectivity index (χ3n) is 9.74. The number of nitrogens with zero attached hydrogens (tertiary/aromatic N) is 1. The summed E-state index contributed by atoms with van der Waals surface area (Å²) < 4.78 is 11.1. The molecule has 6 heteroatoms. The number of unbranched alkanes of at least 4 members (excludes halogenated alkanes) is 15. The van der Waals surface area contributed by atoms with Gasteiger partial charge in [0.15, 0.2) is 0 Å². The average molecular weight is 668 g/mol. The zero-order valence-electron chi connectivity index (χ0n) is 32.2. The van der Waals surface area contributed by atoms with Gasteiger partial charge in [0.1, 0.15) is 0 Å². The van der Waals surface area contributed by atoms with Crippen LogP contribution in [0, 0.1) is 11.3 Å². The molecule has 0 unspecified atom stereocenters. The first-order chi connectivity index (χ1) is 22.8. The second kappa shape index (κ2) is 33.4. The van der Waals surface area contributed by atoms with Crippen LogP contribution in [-0.4, -0.2) is 61.4 Å². The molecule has 0 aromatic heterocycles. The van der Waals surface area contributed by atoms with Gasteiger partial charge in [0.05, 0.1) is 25.2 Å². The Balaban J connectivity index is 3.82. The van der Waals surface area contributed by atoms with Crippen LogP contribution in [0.2, 0.25) is 0 Å². The Kier molecular flexibility index (Phi) is 32.6. The van der Waals surface area contributed by atoms with Crippen molar-refractivity contribution < 1.29 is 24.2 Å². The van der Waals surface area contributed by atoms with Crippen molar-refractivity contribution in [1.82, 2.24) is 4.90 Å². The molecule has 0 aromatic carbocycles. The molecule has 0 radical (unpaired) electrons. The van der Waals surface area contributed by atoms with E-state index in [-0.39, 0.29) is 18.5 Å². The smallest absolute Gasteiger partial charge is 0.311 e. The third kappa shape index (κ3) is 29.5. The summed E-state index contributed by atoms with van der Waals surface area (Å²) in [5.74, 6) is 0.805. The Bertz CT molecular complexity index is 691. The van der Waals surface area contributed by atoms with Crippen LogP contribution in [0.15, 0.2) is 0 Å². The van der Waals surface area contributed by atoms with Crippen molar-refractivity contribution in [2.45, 2.75) is 202 Å². The number of ether oxygens (including phenoxy) is 2. The van der Waals surface area contributed by atoms with E-state index in [9.17, 15) is 14.7 Å². The lowest BCUT2D eigenvalue weighted by Crippen LogP contribution is -2.29. The topological polar surface area (TPSA) is 76.1 Å². The Hall–Kier alpha value is -1.14. The number of carbonyl (C=O) groups is 2. The molecule has 0 bridgehead atoms. The van der Waals surface area contributed by atoms with Crippen molar-refractivity contribution in [3.63, 3.8) is 0 Å². The van der Waals surface area contributed by atoms with Crippen LogP contribution in [0.3, 0.4) is 0 Å². The second-order valence-corrected chi connectivity index (χ2v) is 14.9. The van der Waals surface area contributed by atoms with Gasteiger partial charge in [-0.2, -0.15) is 0 Å². The molecular weight excluding hydrogens is 586 g/mol. The zero-order valence-corrected chi connectivity index (χ0v) is 32.2. The first-order valence-electron chi connectivity index (χ1n) is 20.5. The van der Waals surface area contributed by atoms with E-state index in [1.165, 1.54) is 83.5 Å². The largest absolute Gasteiger partial charge is 0.466 e. The maximum absolute atomic E-state index is 12.7. The Morgan fingerprint density at radius 2 is 1.09 bits per heavy atom. The maximum atomic E-state index is 12.7. The minimum atomic E-state index is -0.412. The van der Waals surface area contributed by atoms with Gasteiger partial charge in [-0.25, -0.2) is 0 Å². The molecule has 0 saturated heterocycles. The number of aliphatic hydroxyl groups excluding tert-OH is 1. The van der Waals surface area contributed by atoms with Gasteiger partial charge in [-0.3, -0.25) is 9.59 Å². The van der Waals surface area contributed by atoms with E-state index in [0.717, 1.165) is 103 Å². The number of carbonyl (C=O) groups excluding carboxylic acids is 2. The Labute approximate surface area is 292 Å². The average Bonchev–Trinajstić information content (AvgIpc) is 3.04. The summed E-state index contributed by atoms with van der Waals surface area (Å²) in [6, 6.07) is 0. The van der Waals surface area contributed by atoms with Gasteiger partial charge in [0, 0.05) is 13.0 Å². The highest BCUT2D eigenvalue weighted by Crippen LogP contribution is 2.26. The van der Waals surface area contributed by atoms with Crippen LogP contribution in [0.4, 0.5) is 0 Å². The number of esters is 2. The molecule has 1 N–H and O–H groups in total. The number of rotatable bonds is 36. The highest BCUT2D eigenvalue weighted by molar-refractivity contribution is 5.75. The summed E-state index contributed by atoms with van der Waals surface area (Å²) in [4.78, 5) is 27.0. The lowest BCUT2D eigenvalue weighted by molar-refractivity contribution is -0.154. The van der Waals surface area contributed by atoms with Crippen molar-refractivity contribution in [3.8, 4) is 0 Å². The van der Waals surface area contributed by atoms with E-state index >= 15 is 0 Å². The van der Waals surface area contributed by atoms with Gasteiger partial charge < -0.3 is 19.5 Å². The Morgan fingerprint density at radius 3 is 1.68 bits per heavy atom. The molecule has 47 heavy (non-hydrogen) atoms. The molecule has 6 nitrogen and oxygen atoms in total. The van der Waals surface area contributed by atoms with Crippen LogP contribution >= 0.6 is 0 Å². The number of aliphatic hydroxyl groups is 1. The van der Waals surface area contributed by atoms with Crippen molar-refractivity contribution in [3.05, 3.63) is 0 Å². The van der Waals surface area contributed by atoms with Gasteiger partial charge in [-0.05, 0) is 71.4 Å². The number of hydrogen-bond donors (Lipinski definition) is 1. The Morgan fingerprint density at radius 1 is 0.574 bits per heavy atom. The minimum Gasteiger partial charge on any atom is -0.466 e. The van der Waals surface area contributed by atoms with E-state index < -0.39 is 5.41 Å². The molecule has 0 fully saturated rings. The van der Waals surface area contributed by atoms with E-state index in [1.807, 2.05) is 13.8 Å². The van der Waals surface area contributed by atoms with E-state index in [2.05, 4.69) is 25.7 Å². The molecule has 0 rings (SSSR count). The molecule has 0 spiro atoms. The summed E-state index contributed by atoms with van der Waals surface area (Å²) in [5.41, 5.74) is -0.412. The molecule has 0 aromatic rings. The SMILES string of the molecule is CCCCCCCCCC(=O)OCCCCCCCN(CCO)CCCCCCC(C)(C)C(=O)OCCCCCC(CCC)CCC. The molecular formula is C41H81NO5. The molecule has 0 atom stereocenters. The fourth-order valence-electron chi connectivity index (χ4n) is 6.61. The lowest BCUT2D eigenvalue weighted by Gasteiger charge is -2.23. The van der Waals surface area contributed by atoms with Crippen molar-refractivity contribution in [1.29, 1.82) is 0 Å². The highest BCUT2D eigenvalue weighted by atomic mass is 16.5. The second-order valence-electron chi connectivity index (χ2n) is 14.9. The van der Waals surface area contributed by atoms with E-state index in [0.29, 0.717) is 19.6 Å².